The molecular weight excluding hydrogens is 274 g/mol. The lowest BCUT2D eigenvalue weighted by Gasteiger charge is -2.07. The minimum Gasteiger partial charge on any atom is -0.356 e. The number of aromatic nitrogens is 1. The van der Waals surface area contributed by atoms with Crippen molar-refractivity contribution in [1.29, 1.82) is 0 Å². The van der Waals surface area contributed by atoms with Crippen molar-refractivity contribution in [2.24, 2.45) is 5.92 Å². The van der Waals surface area contributed by atoms with Crippen LogP contribution in [0.2, 0.25) is 0 Å². The number of hydrogen-bond acceptors (Lipinski definition) is 4. The third kappa shape index (κ3) is 4.30. The maximum Gasteiger partial charge on any atom is 0.229 e. The first-order valence-corrected chi connectivity index (χ1v) is 8.09. The quantitative estimate of drug-likeness (QED) is 0.846. The number of anilines is 1. The number of carbonyl (C=O) groups excluding carboxylic acids is 2. The van der Waals surface area contributed by atoms with Crippen LogP contribution in [0, 0.1) is 5.92 Å². The molecule has 1 aromatic rings. The fourth-order valence-electron chi connectivity index (χ4n) is 2.33. The number of nitrogens with one attached hydrogen (secondary N) is 2. The van der Waals surface area contributed by atoms with E-state index in [2.05, 4.69) is 15.6 Å². The van der Waals surface area contributed by atoms with Gasteiger partial charge in [-0.25, -0.2) is 4.98 Å². The lowest BCUT2D eigenvalue weighted by atomic mass is 10.1. The van der Waals surface area contributed by atoms with Gasteiger partial charge in [0.05, 0.1) is 12.1 Å². The molecule has 0 radical (unpaired) electrons. The Bertz CT molecular complexity index is 467. The molecule has 1 fully saturated rings. The summed E-state index contributed by atoms with van der Waals surface area (Å²) in [5.74, 6) is 0.180. The predicted octanol–water partition coefficient (Wildman–Crippen LogP) is 2.34. The van der Waals surface area contributed by atoms with Gasteiger partial charge in [0.15, 0.2) is 5.13 Å². The van der Waals surface area contributed by atoms with Crippen molar-refractivity contribution in [3.8, 4) is 0 Å². The Hall–Kier alpha value is -1.43. The van der Waals surface area contributed by atoms with E-state index in [1.807, 2.05) is 12.3 Å². The second-order valence-electron chi connectivity index (χ2n) is 5.14. The first kappa shape index (κ1) is 15.0. The van der Waals surface area contributed by atoms with Crippen molar-refractivity contribution >= 4 is 28.3 Å². The molecule has 1 saturated carbocycles. The lowest BCUT2D eigenvalue weighted by molar-refractivity contribution is -0.120. The number of rotatable bonds is 6. The molecule has 5 nitrogen and oxygen atoms in total. The van der Waals surface area contributed by atoms with E-state index in [1.165, 1.54) is 11.3 Å². The summed E-state index contributed by atoms with van der Waals surface area (Å²) in [4.78, 5) is 27.8. The van der Waals surface area contributed by atoms with Crippen LogP contribution in [0.15, 0.2) is 5.38 Å². The number of hydrogen-bond donors (Lipinski definition) is 2. The van der Waals surface area contributed by atoms with Crippen LogP contribution in [0.3, 0.4) is 0 Å². The highest BCUT2D eigenvalue weighted by atomic mass is 32.1. The van der Waals surface area contributed by atoms with Gasteiger partial charge in [0.25, 0.3) is 0 Å². The minimum absolute atomic E-state index is 0.0224. The zero-order chi connectivity index (χ0) is 14.4. The summed E-state index contributed by atoms with van der Waals surface area (Å²) in [5, 5.41) is 8.10. The number of amides is 2. The highest BCUT2D eigenvalue weighted by Crippen LogP contribution is 2.26. The van der Waals surface area contributed by atoms with Gasteiger partial charge in [-0.1, -0.05) is 19.8 Å². The lowest BCUT2D eigenvalue weighted by Crippen LogP contribution is -2.25. The molecule has 0 spiro atoms. The molecule has 0 aliphatic heterocycles. The number of nitrogens with zero attached hydrogens (tertiary/aromatic N) is 1. The van der Waals surface area contributed by atoms with Crippen LogP contribution in [0.25, 0.3) is 0 Å². The van der Waals surface area contributed by atoms with Crippen LogP contribution in [-0.2, 0) is 16.0 Å². The molecule has 1 aliphatic carbocycles. The summed E-state index contributed by atoms with van der Waals surface area (Å²) in [7, 11) is 0. The summed E-state index contributed by atoms with van der Waals surface area (Å²) in [5.41, 5.74) is 0.713. The van der Waals surface area contributed by atoms with Gasteiger partial charge in [0.1, 0.15) is 0 Å². The molecule has 0 unspecified atom stereocenters. The van der Waals surface area contributed by atoms with E-state index < -0.39 is 0 Å². The summed E-state index contributed by atoms with van der Waals surface area (Å²) in [6.07, 6.45) is 5.42. The van der Waals surface area contributed by atoms with Gasteiger partial charge in [0.2, 0.25) is 11.8 Å². The van der Waals surface area contributed by atoms with Gasteiger partial charge >= 0.3 is 0 Å². The van der Waals surface area contributed by atoms with Gasteiger partial charge in [-0.15, -0.1) is 11.3 Å². The first-order valence-electron chi connectivity index (χ1n) is 7.21. The predicted molar refractivity (Wildman–Crippen MR) is 79.7 cm³/mol. The minimum atomic E-state index is -0.0224. The van der Waals surface area contributed by atoms with E-state index in [4.69, 9.17) is 0 Å². The Balaban J connectivity index is 1.82. The summed E-state index contributed by atoms with van der Waals surface area (Å²) >= 11 is 1.38. The smallest absolute Gasteiger partial charge is 0.229 e. The molecule has 2 N–H and O–H groups in total. The molecule has 0 saturated heterocycles. The van der Waals surface area contributed by atoms with Crippen LogP contribution in [0.5, 0.6) is 0 Å². The van der Waals surface area contributed by atoms with Crippen LogP contribution >= 0.6 is 11.3 Å². The average Bonchev–Trinajstić information content (AvgIpc) is 3.08. The van der Waals surface area contributed by atoms with Crippen LogP contribution < -0.4 is 10.6 Å². The fourth-order valence-corrected chi connectivity index (χ4v) is 3.05. The molecule has 2 rings (SSSR count). The third-order valence-corrected chi connectivity index (χ3v) is 4.23. The zero-order valence-corrected chi connectivity index (χ0v) is 12.6. The van der Waals surface area contributed by atoms with E-state index >= 15 is 0 Å². The second-order valence-corrected chi connectivity index (χ2v) is 6.00. The highest BCUT2D eigenvalue weighted by molar-refractivity contribution is 7.13. The summed E-state index contributed by atoms with van der Waals surface area (Å²) in [6, 6.07) is 0. The Labute approximate surface area is 123 Å². The summed E-state index contributed by atoms with van der Waals surface area (Å²) < 4.78 is 0. The van der Waals surface area contributed by atoms with Crippen molar-refractivity contribution in [2.45, 2.75) is 45.4 Å². The van der Waals surface area contributed by atoms with Crippen molar-refractivity contribution in [1.82, 2.24) is 10.3 Å². The molecular formula is C14H21N3O2S. The van der Waals surface area contributed by atoms with E-state index in [1.54, 1.807) is 0 Å². The maximum atomic E-state index is 12.0. The zero-order valence-electron chi connectivity index (χ0n) is 11.8. The highest BCUT2D eigenvalue weighted by Gasteiger charge is 2.23. The molecule has 1 aliphatic rings. The molecule has 2 amide bonds. The Morgan fingerprint density at radius 2 is 2.15 bits per heavy atom. The molecule has 1 aromatic heterocycles. The van der Waals surface area contributed by atoms with Crippen molar-refractivity contribution in [3.63, 3.8) is 0 Å². The molecule has 110 valence electrons. The van der Waals surface area contributed by atoms with Crippen molar-refractivity contribution in [2.75, 3.05) is 11.9 Å². The SMILES string of the molecule is CCCNC(=O)Cc1csc(NC(=O)C2CCCC2)n1. The Morgan fingerprint density at radius 3 is 2.85 bits per heavy atom. The summed E-state index contributed by atoms with van der Waals surface area (Å²) in [6.45, 7) is 2.70. The van der Waals surface area contributed by atoms with E-state index in [-0.39, 0.29) is 24.2 Å². The molecule has 0 bridgehead atoms. The average molecular weight is 295 g/mol. The van der Waals surface area contributed by atoms with Gasteiger partial charge in [-0.2, -0.15) is 0 Å². The van der Waals surface area contributed by atoms with E-state index in [0.717, 1.165) is 32.1 Å². The van der Waals surface area contributed by atoms with Crippen LogP contribution in [0.4, 0.5) is 5.13 Å². The van der Waals surface area contributed by atoms with Gasteiger partial charge < -0.3 is 10.6 Å². The largest absolute Gasteiger partial charge is 0.356 e. The third-order valence-electron chi connectivity index (χ3n) is 3.42. The fraction of sp³-hybridized carbons (Fsp3) is 0.643. The molecule has 20 heavy (non-hydrogen) atoms. The topological polar surface area (TPSA) is 71.1 Å². The normalized spacial score (nSPS) is 15.2. The van der Waals surface area contributed by atoms with Crippen LogP contribution in [0.1, 0.15) is 44.7 Å². The standard InChI is InChI=1S/C14H21N3O2S/c1-2-7-15-12(18)8-11-9-20-14(16-11)17-13(19)10-5-3-4-6-10/h9-10H,2-8H2,1H3,(H,15,18)(H,16,17,19). The molecule has 1 heterocycles. The maximum absolute atomic E-state index is 12.0. The Kier molecular flexibility index (Phi) is 5.52. The Morgan fingerprint density at radius 1 is 1.40 bits per heavy atom. The van der Waals surface area contributed by atoms with Crippen LogP contribution in [-0.4, -0.2) is 23.3 Å². The number of carbonyl (C=O) groups is 2. The van der Waals surface area contributed by atoms with Crippen molar-refractivity contribution < 1.29 is 9.59 Å². The number of thiazole rings is 1. The molecule has 0 aromatic carbocycles. The van der Waals surface area contributed by atoms with Gasteiger partial charge in [-0.05, 0) is 19.3 Å². The van der Waals surface area contributed by atoms with Crippen molar-refractivity contribution in [3.05, 3.63) is 11.1 Å². The first-order chi connectivity index (χ1) is 9.69. The van der Waals surface area contributed by atoms with E-state index in [0.29, 0.717) is 17.4 Å². The molecule has 6 heteroatoms. The molecule has 0 atom stereocenters. The monoisotopic (exact) mass is 295 g/mol. The second kappa shape index (κ2) is 7.38. The van der Waals surface area contributed by atoms with Gasteiger partial charge in [-0.3, -0.25) is 9.59 Å². The van der Waals surface area contributed by atoms with E-state index in [9.17, 15) is 9.59 Å². The van der Waals surface area contributed by atoms with Gasteiger partial charge in [0, 0.05) is 17.8 Å².